The normalized spacial score (nSPS) is 10.0. The molecule has 1 rings (SSSR count). The van der Waals surface area contributed by atoms with Crippen molar-refractivity contribution in [2.24, 2.45) is 0 Å². The average molecular weight is 182 g/mol. The van der Waals surface area contributed by atoms with Crippen LogP contribution in [-0.2, 0) is 22.6 Å². The summed E-state index contributed by atoms with van der Waals surface area (Å²) in [6.07, 6.45) is 2.86. The third-order valence-electron chi connectivity index (χ3n) is 1.84. The van der Waals surface area contributed by atoms with E-state index in [0.717, 1.165) is 17.7 Å². The molecule has 0 aliphatic rings. The summed E-state index contributed by atoms with van der Waals surface area (Å²) in [5.74, 6) is 0.715. The van der Waals surface area contributed by atoms with E-state index in [1.165, 1.54) is 0 Å². The van der Waals surface area contributed by atoms with Crippen molar-refractivity contribution in [1.82, 2.24) is 0 Å². The predicted octanol–water partition coefficient (Wildman–Crippen LogP) is 2.30. The molecule has 1 aromatic heterocycles. The molecule has 0 aliphatic heterocycles. The second-order valence-electron chi connectivity index (χ2n) is 2.74. The number of furan rings is 1. The fourth-order valence-electron chi connectivity index (χ4n) is 1.07. The zero-order valence-electron chi connectivity index (χ0n) is 8.00. The van der Waals surface area contributed by atoms with Gasteiger partial charge in [0.25, 0.3) is 0 Å². The molecule has 1 aromatic rings. The van der Waals surface area contributed by atoms with Gasteiger partial charge in [-0.1, -0.05) is 13.8 Å². The van der Waals surface area contributed by atoms with Crippen LogP contribution in [0.5, 0.6) is 0 Å². The van der Waals surface area contributed by atoms with Gasteiger partial charge in [0, 0.05) is 18.4 Å². The molecule has 0 unspecified atom stereocenters. The van der Waals surface area contributed by atoms with Crippen molar-refractivity contribution in [3.8, 4) is 0 Å². The highest BCUT2D eigenvalue weighted by molar-refractivity contribution is 5.68. The highest BCUT2D eigenvalue weighted by Gasteiger charge is 2.06. The average Bonchev–Trinajstić information content (AvgIpc) is 2.61. The SMILES string of the molecule is CCC(=O)OCc1ccoc1CC. The molecule has 1 heterocycles. The van der Waals surface area contributed by atoms with E-state index in [1.807, 2.05) is 13.0 Å². The van der Waals surface area contributed by atoms with Crippen molar-refractivity contribution < 1.29 is 13.9 Å². The van der Waals surface area contributed by atoms with E-state index < -0.39 is 0 Å². The number of esters is 1. The number of hydrogen-bond acceptors (Lipinski definition) is 3. The van der Waals surface area contributed by atoms with Gasteiger partial charge in [0.1, 0.15) is 12.4 Å². The van der Waals surface area contributed by atoms with Gasteiger partial charge in [0.15, 0.2) is 0 Å². The Hall–Kier alpha value is -1.25. The fraction of sp³-hybridized carbons (Fsp3) is 0.500. The van der Waals surface area contributed by atoms with Crippen molar-refractivity contribution in [2.45, 2.75) is 33.3 Å². The van der Waals surface area contributed by atoms with E-state index in [-0.39, 0.29) is 5.97 Å². The fourth-order valence-corrected chi connectivity index (χ4v) is 1.07. The highest BCUT2D eigenvalue weighted by atomic mass is 16.5. The maximum absolute atomic E-state index is 10.9. The van der Waals surface area contributed by atoms with Gasteiger partial charge in [0.05, 0.1) is 6.26 Å². The molecule has 0 spiro atoms. The molecule has 0 bridgehead atoms. The van der Waals surface area contributed by atoms with Gasteiger partial charge in [-0.05, 0) is 6.07 Å². The zero-order valence-corrected chi connectivity index (χ0v) is 8.00. The minimum atomic E-state index is -0.178. The van der Waals surface area contributed by atoms with E-state index >= 15 is 0 Å². The quantitative estimate of drug-likeness (QED) is 0.671. The molecule has 72 valence electrons. The van der Waals surface area contributed by atoms with E-state index in [9.17, 15) is 4.79 Å². The molecule has 0 aromatic carbocycles. The third-order valence-corrected chi connectivity index (χ3v) is 1.84. The van der Waals surface area contributed by atoms with Crippen LogP contribution < -0.4 is 0 Å². The molecular formula is C10H14O3. The molecule has 0 atom stereocenters. The lowest BCUT2D eigenvalue weighted by molar-refractivity contribution is -0.144. The second-order valence-corrected chi connectivity index (χ2v) is 2.74. The Bertz CT molecular complexity index is 275. The van der Waals surface area contributed by atoms with Crippen molar-refractivity contribution >= 4 is 5.97 Å². The van der Waals surface area contributed by atoms with Crippen LogP contribution in [0.2, 0.25) is 0 Å². The zero-order chi connectivity index (χ0) is 9.68. The van der Waals surface area contributed by atoms with Crippen molar-refractivity contribution in [3.05, 3.63) is 23.7 Å². The van der Waals surface area contributed by atoms with E-state index in [1.54, 1.807) is 13.2 Å². The topological polar surface area (TPSA) is 39.4 Å². The number of carbonyl (C=O) groups is 1. The van der Waals surface area contributed by atoms with Gasteiger partial charge >= 0.3 is 5.97 Å². The summed E-state index contributed by atoms with van der Waals surface area (Å²) in [5.41, 5.74) is 0.962. The van der Waals surface area contributed by atoms with Crippen LogP contribution in [0.25, 0.3) is 0 Å². The van der Waals surface area contributed by atoms with Crippen molar-refractivity contribution in [3.63, 3.8) is 0 Å². The maximum atomic E-state index is 10.9. The van der Waals surface area contributed by atoms with Crippen molar-refractivity contribution in [2.75, 3.05) is 0 Å². The number of carbonyl (C=O) groups excluding carboxylic acids is 1. The lowest BCUT2D eigenvalue weighted by Crippen LogP contribution is -2.02. The molecule has 0 saturated carbocycles. The molecule has 0 fully saturated rings. The molecule has 0 saturated heterocycles. The first-order valence-electron chi connectivity index (χ1n) is 4.48. The minimum absolute atomic E-state index is 0.178. The largest absolute Gasteiger partial charge is 0.469 e. The molecule has 0 aliphatic carbocycles. The standard InChI is InChI=1S/C10H14O3/c1-3-9-8(5-6-12-9)7-13-10(11)4-2/h5-6H,3-4,7H2,1-2H3. The van der Waals surface area contributed by atoms with Crippen molar-refractivity contribution in [1.29, 1.82) is 0 Å². The Balaban J connectivity index is 2.49. The first kappa shape index (κ1) is 9.84. The Morgan fingerprint density at radius 2 is 2.31 bits per heavy atom. The van der Waals surface area contributed by atoms with Crippen LogP contribution >= 0.6 is 0 Å². The van der Waals surface area contributed by atoms with Gasteiger partial charge in [0.2, 0.25) is 0 Å². The molecule has 0 N–H and O–H groups in total. The number of ether oxygens (including phenoxy) is 1. The molecule has 3 nitrogen and oxygen atoms in total. The maximum Gasteiger partial charge on any atom is 0.305 e. The van der Waals surface area contributed by atoms with E-state index in [2.05, 4.69) is 0 Å². The van der Waals surface area contributed by atoms with Gasteiger partial charge < -0.3 is 9.15 Å². The lowest BCUT2D eigenvalue weighted by Gasteiger charge is -2.01. The summed E-state index contributed by atoms with van der Waals surface area (Å²) in [6, 6.07) is 1.84. The molecular weight excluding hydrogens is 168 g/mol. The summed E-state index contributed by atoms with van der Waals surface area (Å²) in [6.45, 7) is 4.11. The van der Waals surface area contributed by atoms with Crippen LogP contribution in [0, 0.1) is 0 Å². The second kappa shape index (κ2) is 4.70. The number of aryl methyl sites for hydroxylation is 1. The molecule has 0 radical (unpaired) electrons. The van der Waals surface area contributed by atoms with Crippen LogP contribution in [0.15, 0.2) is 16.7 Å². The van der Waals surface area contributed by atoms with E-state index in [0.29, 0.717) is 13.0 Å². The molecule has 13 heavy (non-hydrogen) atoms. The number of hydrogen-bond donors (Lipinski definition) is 0. The first-order valence-corrected chi connectivity index (χ1v) is 4.48. The van der Waals surface area contributed by atoms with Gasteiger partial charge in [-0.3, -0.25) is 4.79 Å². The molecule has 3 heteroatoms. The number of rotatable bonds is 4. The summed E-state index contributed by atoms with van der Waals surface area (Å²) in [7, 11) is 0. The Kier molecular flexibility index (Phi) is 3.55. The monoisotopic (exact) mass is 182 g/mol. The Labute approximate surface area is 77.7 Å². The van der Waals surface area contributed by atoms with Crippen LogP contribution in [0.4, 0.5) is 0 Å². The minimum Gasteiger partial charge on any atom is -0.469 e. The molecule has 0 amide bonds. The lowest BCUT2D eigenvalue weighted by atomic mass is 10.2. The summed E-state index contributed by atoms with van der Waals surface area (Å²) >= 11 is 0. The summed E-state index contributed by atoms with van der Waals surface area (Å²) < 4.78 is 10.2. The summed E-state index contributed by atoms with van der Waals surface area (Å²) in [4.78, 5) is 10.9. The smallest absolute Gasteiger partial charge is 0.305 e. The van der Waals surface area contributed by atoms with Crippen LogP contribution in [-0.4, -0.2) is 5.97 Å². The van der Waals surface area contributed by atoms with Gasteiger partial charge in [-0.25, -0.2) is 0 Å². The van der Waals surface area contributed by atoms with E-state index in [4.69, 9.17) is 9.15 Å². The Morgan fingerprint density at radius 3 is 2.92 bits per heavy atom. The van der Waals surface area contributed by atoms with Gasteiger partial charge in [-0.15, -0.1) is 0 Å². The third kappa shape index (κ3) is 2.61. The summed E-state index contributed by atoms with van der Waals surface area (Å²) in [5, 5.41) is 0. The first-order chi connectivity index (χ1) is 6.27. The van der Waals surface area contributed by atoms with Crippen LogP contribution in [0.3, 0.4) is 0 Å². The van der Waals surface area contributed by atoms with Crippen LogP contribution in [0.1, 0.15) is 31.6 Å². The van der Waals surface area contributed by atoms with Gasteiger partial charge in [-0.2, -0.15) is 0 Å². The highest BCUT2D eigenvalue weighted by Crippen LogP contribution is 2.12. The Morgan fingerprint density at radius 1 is 1.54 bits per heavy atom. The predicted molar refractivity (Wildman–Crippen MR) is 48.2 cm³/mol.